The maximum absolute atomic E-state index is 12.3. The van der Waals surface area contributed by atoms with E-state index in [2.05, 4.69) is 21.2 Å². The van der Waals surface area contributed by atoms with Gasteiger partial charge in [-0.1, -0.05) is 15.9 Å². The number of piperidine rings is 1. The van der Waals surface area contributed by atoms with Crippen LogP contribution in [0.5, 0.6) is 5.75 Å². The number of nitrogens with one attached hydrogen (secondary N) is 1. The van der Waals surface area contributed by atoms with E-state index in [-0.39, 0.29) is 18.0 Å². The van der Waals surface area contributed by atoms with Crippen molar-refractivity contribution < 1.29 is 19.1 Å². The summed E-state index contributed by atoms with van der Waals surface area (Å²) in [5.74, 6) is 0.499. The first-order valence-electron chi connectivity index (χ1n) is 8.84. The largest absolute Gasteiger partial charge is 0.481 e. The molecule has 1 aromatic rings. The molecule has 0 aromatic heterocycles. The molecule has 1 aromatic carbocycles. The van der Waals surface area contributed by atoms with Gasteiger partial charge in [0.15, 0.2) is 6.10 Å². The zero-order valence-electron chi connectivity index (χ0n) is 15.8. The molecule has 1 aliphatic rings. The fourth-order valence-electron chi connectivity index (χ4n) is 2.62. The Labute approximate surface area is 163 Å². The van der Waals surface area contributed by atoms with E-state index in [1.54, 1.807) is 11.8 Å². The van der Waals surface area contributed by atoms with Gasteiger partial charge in [-0.2, -0.15) is 0 Å². The predicted octanol–water partition coefficient (Wildman–Crippen LogP) is 3.73. The number of nitrogens with zero attached hydrogens (tertiary/aromatic N) is 1. The molecule has 1 heterocycles. The van der Waals surface area contributed by atoms with E-state index in [1.165, 1.54) is 0 Å². The van der Waals surface area contributed by atoms with Crippen LogP contribution >= 0.6 is 15.9 Å². The molecule has 2 amide bonds. The van der Waals surface area contributed by atoms with Gasteiger partial charge in [-0.15, -0.1) is 0 Å². The number of likely N-dealkylation sites (tertiary alicyclic amines) is 1. The molecule has 1 aliphatic heterocycles. The number of rotatable bonds is 4. The summed E-state index contributed by atoms with van der Waals surface area (Å²) in [6.45, 7) is 8.43. The van der Waals surface area contributed by atoms with Gasteiger partial charge in [0.1, 0.15) is 11.4 Å². The first-order chi connectivity index (χ1) is 12.1. The summed E-state index contributed by atoms with van der Waals surface area (Å²) in [5.41, 5.74) is -0.498. The lowest BCUT2D eigenvalue weighted by Crippen LogP contribution is -2.50. The smallest absolute Gasteiger partial charge is 0.410 e. The van der Waals surface area contributed by atoms with Crippen LogP contribution in [0.3, 0.4) is 0 Å². The molecule has 1 unspecified atom stereocenters. The molecule has 0 radical (unpaired) electrons. The van der Waals surface area contributed by atoms with E-state index in [0.29, 0.717) is 31.7 Å². The molecule has 1 saturated heterocycles. The Kier molecular flexibility index (Phi) is 6.92. The summed E-state index contributed by atoms with van der Waals surface area (Å²) >= 11 is 3.37. The molecule has 6 nitrogen and oxygen atoms in total. The third-order valence-corrected chi connectivity index (χ3v) is 4.52. The molecular weight excluding hydrogens is 400 g/mol. The van der Waals surface area contributed by atoms with Crippen LogP contribution in [0.25, 0.3) is 0 Å². The average molecular weight is 427 g/mol. The molecule has 0 saturated carbocycles. The van der Waals surface area contributed by atoms with Crippen LogP contribution < -0.4 is 10.1 Å². The monoisotopic (exact) mass is 426 g/mol. The molecule has 1 N–H and O–H groups in total. The fraction of sp³-hybridized carbons (Fsp3) is 0.579. The molecule has 2 rings (SSSR count). The van der Waals surface area contributed by atoms with Gasteiger partial charge in [-0.05, 0) is 64.8 Å². The highest BCUT2D eigenvalue weighted by molar-refractivity contribution is 9.10. The molecule has 1 atom stereocenters. The SMILES string of the molecule is CC(Oc1ccc(Br)cc1)C(=O)NC1CCN(C(=O)OC(C)(C)C)CC1. The van der Waals surface area contributed by atoms with Crippen molar-refractivity contribution in [1.29, 1.82) is 0 Å². The number of hydrogen-bond acceptors (Lipinski definition) is 4. The normalized spacial score (nSPS) is 16.7. The van der Waals surface area contributed by atoms with E-state index in [9.17, 15) is 9.59 Å². The first kappa shape index (κ1) is 20.6. The maximum Gasteiger partial charge on any atom is 0.410 e. The molecule has 26 heavy (non-hydrogen) atoms. The van der Waals surface area contributed by atoms with E-state index < -0.39 is 11.7 Å². The lowest BCUT2D eigenvalue weighted by atomic mass is 10.1. The number of halogens is 1. The lowest BCUT2D eigenvalue weighted by molar-refractivity contribution is -0.128. The first-order valence-corrected chi connectivity index (χ1v) is 9.64. The highest BCUT2D eigenvalue weighted by atomic mass is 79.9. The Morgan fingerprint density at radius 3 is 2.31 bits per heavy atom. The average Bonchev–Trinajstić information content (AvgIpc) is 2.56. The second-order valence-electron chi connectivity index (χ2n) is 7.46. The van der Waals surface area contributed by atoms with E-state index in [4.69, 9.17) is 9.47 Å². The molecule has 7 heteroatoms. The Morgan fingerprint density at radius 2 is 1.77 bits per heavy atom. The van der Waals surface area contributed by atoms with Crippen molar-refractivity contribution in [1.82, 2.24) is 10.2 Å². The zero-order valence-corrected chi connectivity index (χ0v) is 17.3. The summed E-state index contributed by atoms with van der Waals surface area (Å²) in [7, 11) is 0. The molecule has 0 bridgehead atoms. The predicted molar refractivity (Wildman–Crippen MR) is 103 cm³/mol. The van der Waals surface area contributed by atoms with Gasteiger partial charge in [0.25, 0.3) is 5.91 Å². The second-order valence-corrected chi connectivity index (χ2v) is 8.38. The van der Waals surface area contributed by atoms with Crippen molar-refractivity contribution in [2.45, 2.75) is 58.3 Å². The van der Waals surface area contributed by atoms with E-state index >= 15 is 0 Å². The van der Waals surface area contributed by atoms with Crippen molar-refractivity contribution in [3.63, 3.8) is 0 Å². The number of carbonyl (C=O) groups excluding carboxylic acids is 2. The van der Waals surface area contributed by atoms with Gasteiger partial charge >= 0.3 is 6.09 Å². The topological polar surface area (TPSA) is 67.9 Å². The van der Waals surface area contributed by atoms with Gasteiger partial charge in [0.05, 0.1) is 0 Å². The van der Waals surface area contributed by atoms with Gasteiger partial charge in [-0.25, -0.2) is 4.79 Å². The maximum atomic E-state index is 12.3. The van der Waals surface area contributed by atoms with Crippen LogP contribution in [0.4, 0.5) is 4.79 Å². The highest BCUT2D eigenvalue weighted by Crippen LogP contribution is 2.18. The van der Waals surface area contributed by atoms with Crippen molar-refractivity contribution >= 4 is 27.9 Å². The van der Waals surface area contributed by atoms with Crippen LogP contribution in [0, 0.1) is 0 Å². The van der Waals surface area contributed by atoms with Crippen LogP contribution in [0.2, 0.25) is 0 Å². The minimum absolute atomic E-state index is 0.0390. The number of amides is 2. The summed E-state index contributed by atoms with van der Waals surface area (Å²) < 4.78 is 12.0. The van der Waals surface area contributed by atoms with Crippen molar-refractivity contribution in [3.05, 3.63) is 28.7 Å². The molecule has 144 valence electrons. The van der Waals surface area contributed by atoms with E-state index in [0.717, 1.165) is 4.47 Å². The van der Waals surface area contributed by atoms with Gasteiger partial charge in [0.2, 0.25) is 0 Å². The van der Waals surface area contributed by atoms with Crippen LogP contribution in [-0.2, 0) is 9.53 Å². The van der Waals surface area contributed by atoms with Crippen LogP contribution in [-0.4, -0.2) is 47.7 Å². The van der Waals surface area contributed by atoms with Gasteiger partial charge < -0.3 is 19.7 Å². The minimum atomic E-state index is -0.583. The highest BCUT2D eigenvalue weighted by Gasteiger charge is 2.28. The molecular formula is C19H27BrN2O4. The fourth-order valence-corrected chi connectivity index (χ4v) is 2.89. The Balaban J connectivity index is 1.76. The molecule has 1 fully saturated rings. The molecule has 0 spiro atoms. The third-order valence-electron chi connectivity index (χ3n) is 3.99. The Bertz CT molecular complexity index is 619. The number of carbonyl (C=O) groups is 2. The Hall–Kier alpha value is -1.76. The quantitative estimate of drug-likeness (QED) is 0.795. The standard InChI is InChI=1S/C19H27BrN2O4/c1-13(25-16-7-5-14(20)6-8-16)17(23)21-15-9-11-22(12-10-15)18(24)26-19(2,3)4/h5-8,13,15H,9-12H2,1-4H3,(H,21,23). The van der Waals surface area contributed by atoms with Crippen molar-refractivity contribution in [2.24, 2.45) is 0 Å². The zero-order chi connectivity index (χ0) is 19.3. The minimum Gasteiger partial charge on any atom is -0.481 e. The van der Waals surface area contributed by atoms with E-state index in [1.807, 2.05) is 45.0 Å². The summed E-state index contributed by atoms with van der Waals surface area (Å²) in [4.78, 5) is 26.1. The lowest BCUT2D eigenvalue weighted by Gasteiger charge is -2.34. The van der Waals surface area contributed by atoms with Crippen LogP contribution in [0.1, 0.15) is 40.5 Å². The third kappa shape index (κ3) is 6.52. The number of benzene rings is 1. The van der Waals surface area contributed by atoms with Crippen LogP contribution in [0.15, 0.2) is 28.7 Å². The summed E-state index contributed by atoms with van der Waals surface area (Å²) in [6, 6.07) is 7.40. The van der Waals surface area contributed by atoms with Gasteiger partial charge in [-0.3, -0.25) is 4.79 Å². The summed E-state index contributed by atoms with van der Waals surface area (Å²) in [5, 5.41) is 3.01. The molecule has 0 aliphatic carbocycles. The summed E-state index contributed by atoms with van der Waals surface area (Å²) in [6.07, 6.45) is 0.528. The second kappa shape index (κ2) is 8.75. The Morgan fingerprint density at radius 1 is 1.19 bits per heavy atom. The van der Waals surface area contributed by atoms with Gasteiger partial charge in [0, 0.05) is 23.6 Å². The number of ether oxygens (including phenoxy) is 2. The van der Waals surface area contributed by atoms with Crippen molar-refractivity contribution in [2.75, 3.05) is 13.1 Å². The van der Waals surface area contributed by atoms with Crippen molar-refractivity contribution in [3.8, 4) is 5.75 Å². The number of hydrogen-bond donors (Lipinski definition) is 1.